The lowest BCUT2D eigenvalue weighted by Gasteiger charge is -2.08. The van der Waals surface area contributed by atoms with Crippen molar-refractivity contribution in [3.63, 3.8) is 0 Å². The number of thioether (sulfide) groups is 1. The van der Waals surface area contributed by atoms with E-state index in [9.17, 15) is 4.79 Å². The van der Waals surface area contributed by atoms with Gasteiger partial charge in [-0.05, 0) is 72.5 Å². The monoisotopic (exact) mass is 449 g/mol. The molecule has 0 radical (unpaired) electrons. The highest BCUT2D eigenvalue weighted by molar-refractivity contribution is 7.98. The van der Waals surface area contributed by atoms with Crippen LogP contribution in [0.2, 0.25) is 5.02 Å². The maximum atomic E-state index is 10.7. The number of carboxylic acid groups (broad SMARTS) is 1. The van der Waals surface area contributed by atoms with Gasteiger partial charge in [-0.1, -0.05) is 48.0 Å². The molecule has 0 aliphatic heterocycles. The van der Waals surface area contributed by atoms with Crippen LogP contribution >= 0.6 is 23.4 Å². The molecule has 3 nitrogen and oxygen atoms in total. The van der Waals surface area contributed by atoms with Crippen LogP contribution in [0.4, 0.5) is 0 Å². The van der Waals surface area contributed by atoms with Crippen LogP contribution in [-0.4, -0.2) is 22.3 Å². The lowest BCUT2D eigenvalue weighted by molar-refractivity contribution is -0.137. The van der Waals surface area contributed by atoms with Crippen molar-refractivity contribution in [2.24, 2.45) is 0 Å². The first-order chi connectivity index (χ1) is 15.0. The minimum Gasteiger partial charge on any atom is -0.481 e. The molecular formula is C26H24ClNO2S. The number of hydrogen-bond donors (Lipinski definition) is 2. The van der Waals surface area contributed by atoms with E-state index in [-0.39, 0.29) is 6.42 Å². The van der Waals surface area contributed by atoms with E-state index in [0.29, 0.717) is 11.4 Å². The summed E-state index contributed by atoms with van der Waals surface area (Å²) in [7, 11) is 0. The fourth-order valence-electron chi connectivity index (χ4n) is 3.79. The van der Waals surface area contributed by atoms with Crippen molar-refractivity contribution >= 4 is 40.2 Å². The van der Waals surface area contributed by atoms with Crippen molar-refractivity contribution in [3.05, 3.63) is 77.4 Å². The molecule has 158 valence electrons. The molecule has 0 atom stereocenters. The Morgan fingerprint density at radius 2 is 1.58 bits per heavy atom. The zero-order chi connectivity index (χ0) is 21.8. The third-order valence-corrected chi connectivity index (χ3v) is 6.53. The van der Waals surface area contributed by atoms with Crippen molar-refractivity contribution in [1.29, 1.82) is 0 Å². The van der Waals surface area contributed by atoms with E-state index in [0.717, 1.165) is 40.6 Å². The summed E-state index contributed by atoms with van der Waals surface area (Å²) in [5.41, 5.74) is 6.59. The number of hydrogen-bond acceptors (Lipinski definition) is 2. The number of carboxylic acids is 1. The van der Waals surface area contributed by atoms with Crippen molar-refractivity contribution in [2.45, 2.75) is 30.6 Å². The lowest BCUT2D eigenvalue weighted by atomic mass is 9.99. The largest absolute Gasteiger partial charge is 0.481 e. The highest BCUT2D eigenvalue weighted by atomic mass is 35.5. The van der Waals surface area contributed by atoms with Gasteiger partial charge >= 0.3 is 5.97 Å². The number of unbranched alkanes of at least 4 members (excludes halogenated alkanes) is 1. The fourth-order valence-corrected chi connectivity index (χ4v) is 4.47. The number of fused-ring (bicyclic) bond motifs is 1. The first-order valence-electron chi connectivity index (χ1n) is 10.3. The van der Waals surface area contributed by atoms with Crippen LogP contribution in [0.5, 0.6) is 0 Å². The molecule has 0 fully saturated rings. The Hall–Kier alpha value is -2.69. The minimum absolute atomic E-state index is 0.216. The third-order valence-electron chi connectivity index (χ3n) is 5.47. The van der Waals surface area contributed by atoms with E-state index >= 15 is 0 Å². The number of aromatic amines is 1. The summed E-state index contributed by atoms with van der Waals surface area (Å²) in [5, 5.41) is 10.6. The lowest BCUT2D eigenvalue weighted by Crippen LogP contribution is -1.94. The van der Waals surface area contributed by atoms with Crippen LogP contribution in [0, 0.1) is 0 Å². The average Bonchev–Trinajstić information content (AvgIpc) is 3.18. The summed E-state index contributed by atoms with van der Waals surface area (Å²) >= 11 is 8.35. The quantitative estimate of drug-likeness (QED) is 0.214. The number of nitrogens with one attached hydrogen (secondary N) is 1. The second kappa shape index (κ2) is 9.63. The molecule has 0 saturated heterocycles. The maximum Gasteiger partial charge on any atom is 0.303 e. The zero-order valence-corrected chi connectivity index (χ0v) is 18.9. The second-order valence-corrected chi connectivity index (χ2v) is 8.91. The van der Waals surface area contributed by atoms with E-state index in [1.54, 1.807) is 11.8 Å². The maximum absolute atomic E-state index is 10.7. The molecule has 5 heteroatoms. The van der Waals surface area contributed by atoms with Crippen LogP contribution < -0.4 is 0 Å². The topological polar surface area (TPSA) is 53.1 Å². The Labute approximate surface area is 191 Å². The molecule has 4 rings (SSSR count). The molecule has 0 spiro atoms. The molecule has 31 heavy (non-hydrogen) atoms. The van der Waals surface area contributed by atoms with E-state index in [4.69, 9.17) is 16.7 Å². The molecule has 1 aromatic heterocycles. The number of aryl methyl sites for hydroxylation is 1. The SMILES string of the molecule is CSc1ccc(-c2ccc(-c3cc4cc(CCCCC(=O)O)[nH]c4cc3Cl)cc2)cc1. The normalized spacial score (nSPS) is 11.2. The number of rotatable bonds is 8. The average molecular weight is 450 g/mol. The third kappa shape index (κ3) is 5.15. The minimum atomic E-state index is -0.740. The van der Waals surface area contributed by atoms with Crippen LogP contribution in [0.1, 0.15) is 25.0 Å². The van der Waals surface area contributed by atoms with Gasteiger partial charge in [0.05, 0.1) is 5.02 Å². The smallest absolute Gasteiger partial charge is 0.303 e. The first kappa shape index (κ1) is 21.5. The van der Waals surface area contributed by atoms with Gasteiger partial charge in [-0.25, -0.2) is 0 Å². The number of H-pyrrole nitrogens is 1. The molecule has 0 saturated carbocycles. The van der Waals surface area contributed by atoms with Crippen molar-refractivity contribution < 1.29 is 9.90 Å². The van der Waals surface area contributed by atoms with Gasteiger partial charge in [-0.3, -0.25) is 4.79 Å². The molecule has 4 aromatic rings. The van der Waals surface area contributed by atoms with Gasteiger partial charge < -0.3 is 10.1 Å². The second-order valence-electron chi connectivity index (χ2n) is 7.62. The van der Waals surface area contributed by atoms with Crippen LogP contribution in [0.15, 0.2) is 71.6 Å². The Balaban J connectivity index is 1.54. The molecule has 1 heterocycles. The summed E-state index contributed by atoms with van der Waals surface area (Å²) in [6.07, 6.45) is 4.66. The Bertz CT molecular complexity index is 1200. The predicted molar refractivity (Wildman–Crippen MR) is 131 cm³/mol. The Morgan fingerprint density at radius 1 is 0.935 bits per heavy atom. The van der Waals surface area contributed by atoms with E-state index in [1.807, 2.05) is 6.07 Å². The summed E-state index contributed by atoms with van der Waals surface area (Å²) in [6.45, 7) is 0. The van der Waals surface area contributed by atoms with Crippen molar-refractivity contribution in [1.82, 2.24) is 4.98 Å². The molecule has 0 aliphatic rings. The number of aromatic nitrogens is 1. The first-order valence-corrected chi connectivity index (χ1v) is 11.9. The highest BCUT2D eigenvalue weighted by Gasteiger charge is 2.09. The van der Waals surface area contributed by atoms with Crippen LogP contribution in [0.25, 0.3) is 33.2 Å². The summed E-state index contributed by atoms with van der Waals surface area (Å²) in [6, 6.07) is 23.3. The standard InChI is InChI=1S/C26H24ClNO2S/c1-31-22-12-10-18(11-13-22)17-6-8-19(9-7-17)23-15-20-14-21(4-2-3-5-26(29)30)28-25(20)16-24(23)27/h6-16,28H,2-5H2,1H3,(H,29,30). The van der Waals surface area contributed by atoms with E-state index < -0.39 is 5.97 Å². The predicted octanol–water partition coefficient (Wildman–Crippen LogP) is 7.67. The molecule has 2 N–H and O–H groups in total. The Kier molecular flexibility index (Phi) is 6.69. The van der Waals surface area contributed by atoms with Gasteiger partial charge in [0.2, 0.25) is 0 Å². The van der Waals surface area contributed by atoms with Crippen LogP contribution in [-0.2, 0) is 11.2 Å². The fraction of sp³-hybridized carbons (Fsp3) is 0.192. The van der Waals surface area contributed by atoms with E-state index in [1.165, 1.54) is 16.0 Å². The molecule has 0 aliphatic carbocycles. The van der Waals surface area contributed by atoms with Gasteiger partial charge in [-0.2, -0.15) is 0 Å². The molecule has 0 unspecified atom stereocenters. The van der Waals surface area contributed by atoms with Crippen molar-refractivity contribution in [2.75, 3.05) is 6.26 Å². The zero-order valence-electron chi connectivity index (χ0n) is 17.3. The van der Waals surface area contributed by atoms with Crippen molar-refractivity contribution in [3.8, 4) is 22.3 Å². The number of benzene rings is 3. The molecule has 3 aromatic carbocycles. The van der Waals surface area contributed by atoms with Crippen LogP contribution in [0.3, 0.4) is 0 Å². The summed E-state index contributed by atoms with van der Waals surface area (Å²) in [5.74, 6) is -0.740. The summed E-state index contributed by atoms with van der Waals surface area (Å²) < 4.78 is 0. The summed E-state index contributed by atoms with van der Waals surface area (Å²) in [4.78, 5) is 15.3. The number of aliphatic carboxylic acids is 1. The van der Waals surface area contributed by atoms with Gasteiger partial charge in [0.1, 0.15) is 0 Å². The molecule has 0 amide bonds. The molecular weight excluding hydrogens is 426 g/mol. The van der Waals surface area contributed by atoms with Gasteiger partial charge in [0, 0.05) is 33.5 Å². The van der Waals surface area contributed by atoms with Gasteiger partial charge in [-0.15, -0.1) is 11.8 Å². The van der Waals surface area contributed by atoms with Gasteiger partial charge in [0.15, 0.2) is 0 Å². The molecule has 0 bridgehead atoms. The van der Waals surface area contributed by atoms with E-state index in [2.05, 4.69) is 71.9 Å². The Morgan fingerprint density at radius 3 is 2.23 bits per heavy atom. The number of carbonyl (C=O) groups is 1. The number of halogens is 1. The van der Waals surface area contributed by atoms with Gasteiger partial charge in [0.25, 0.3) is 0 Å². The highest BCUT2D eigenvalue weighted by Crippen LogP contribution is 2.34.